The van der Waals surface area contributed by atoms with Gasteiger partial charge >= 0.3 is 0 Å². The molecule has 0 spiro atoms. The zero-order valence-corrected chi connectivity index (χ0v) is 19.7. The van der Waals surface area contributed by atoms with Gasteiger partial charge in [0.15, 0.2) is 5.96 Å². The number of nitrogens with zero attached hydrogens (tertiary/aromatic N) is 1. The van der Waals surface area contributed by atoms with Gasteiger partial charge in [-0.1, -0.05) is 24.3 Å². The molecule has 0 aliphatic carbocycles. The molecule has 160 valence electrons. The van der Waals surface area contributed by atoms with Crippen molar-refractivity contribution in [3.63, 3.8) is 0 Å². The lowest BCUT2D eigenvalue weighted by molar-refractivity contribution is 0.409. The number of aliphatic imine (C=N–C) groups is 1. The molecule has 0 radical (unpaired) electrons. The fourth-order valence-corrected chi connectivity index (χ4v) is 3.40. The van der Waals surface area contributed by atoms with E-state index in [4.69, 9.17) is 4.74 Å². The normalized spacial score (nSPS) is 11.4. The Hall–Kier alpha value is -2.08. The zero-order valence-electron chi connectivity index (χ0n) is 16.5. The van der Waals surface area contributed by atoms with Crippen molar-refractivity contribution in [2.45, 2.75) is 13.5 Å². The molecule has 0 fully saturated rings. The first kappa shape index (κ1) is 25.0. The highest BCUT2D eigenvalue weighted by Crippen LogP contribution is 2.16. The number of halogens is 2. The maximum absolute atomic E-state index is 13.6. The monoisotopic (exact) mass is 536 g/mol. The quantitative estimate of drug-likeness (QED) is 0.274. The van der Waals surface area contributed by atoms with Gasteiger partial charge in [-0.15, -0.1) is 24.0 Å². The number of nitrogens with one attached hydrogen (secondary N) is 3. The van der Waals surface area contributed by atoms with Crippen molar-refractivity contribution in [3.8, 4) is 5.75 Å². The molecule has 0 aromatic heterocycles. The van der Waals surface area contributed by atoms with Crippen molar-refractivity contribution in [3.05, 3.63) is 59.4 Å². The first-order valence-electron chi connectivity index (χ1n) is 8.67. The number of anilines is 1. The van der Waals surface area contributed by atoms with Crippen LogP contribution >= 0.6 is 24.0 Å². The molecule has 0 aliphatic heterocycles. The number of guanidine groups is 1. The Morgan fingerprint density at radius 2 is 1.90 bits per heavy atom. The van der Waals surface area contributed by atoms with Gasteiger partial charge in [0.25, 0.3) is 0 Å². The van der Waals surface area contributed by atoms with Gasteiger partial charge in [0, 0.05) is 25.7 Å². The molecule has 3 N–H and O–H groups in total. The fraction of sp³-hybridized carbons (Fsp3) is 0.316. The summed E-state index contributed by atoms with van der Waals surface area (Å²) in [6, 6.07) is 11.8. The first-order chi connectivity index (χ1) is 13.3. The average Bonchev–Trinajstić information content (AvgIpc) is 2.67. The van der Waals surface area contributed by atoms with E-state index in [2.05, 4.69) is 20.3 Å². The molecule has 0 atom stereocenters. The van der Waals surface area contributed by atoms with Crippen LogP contribution in [0.2, 0.25) is 0 Å². The number of benzene rings is 2. The molecule has 2 aromatic rings. The van der Waals surface area contributed by atoms with Crippen molar-refractivity contribution in [1.29, 1.82) is 0 Å². The molecule has 2 aromatic carbocycles. The Bertz CT molecular complexity index is 939. The summed E-state index contributed by atoms with van der Waals surface area (Å²) in [6.07, 6.45) is 0. The van der Waals surface area contributed by atoms with E-state index in [0.717, 1.165) is 17.4 Å². The lowest BCUT2D eigenvalue weighted by Gasteiger charge is -2.14. The third kappa shape index (κ3) is 8.05. The second kappa shape index (κ2) is 11.8. The van der Waals surface area contributed by atoms with E-state index in [1.165, 1.54) is 12.1 Å². The number of aryl methyl sites for hydroxylation is 1. The predicted octanol–water partition coefficient (Wildman–Crippen LogP) is 2.87. The number of hydrogen-bond acceptors (Lipinski definition) is 4. The van der Waals surface area contributed by atoms with Crippen LogP contribution in [0.15, 0.2) is 47.5 Å². The van der Waals surface area contributed by atoms with Crippen molar-refractivity contribution in [2.75, 3.05) is 31.2 Å². The van der Waals surface area contributed by atoms with Gasteiger partial charge in [0.1, 0.15) is 11.6 Å². The summed E-state index contributed by atoms with van der Waals surface area (Å²) in [7, 11) is -0.430. The van der Waals surface area contributed by atoms with Gasteiger partial charge in [-0.25, -0.2) is 12.8 Å². The molecule has 0 saturated carbocycles. The van der Waals surface area contributed by atoms with Crippen LogP contribution in [0.4, 0.5) is 10.1 Å². The van der Waals surface area contributed by atoms with Crippen LogP contribution in [-0.2, 0) is 16.6 Å². The van der Waals surface area contributed by atoms with Gasteiger partial charge in [-0.2, -0.15) is 0 Å². The molecule has 0 amide bonds. The molecular formula is C19H26FIN4O3S. The highest BCUT2D eigenvalue weighted by Gasteiger charge is 2.12. The van der Waals surface area contributed by atoms with E-state index in [0.29, 0.717) is 18.1 Å². The van der Waals surface area contributed by atoms with Crippen LogP contribution in [-0.4, -0.2) is 40.8 Å². The summed E-state index contributed by atoms with van der Waals surface area (Å²) in [5.74, 6) is 0.557. The third-order valence-corrected chi connectivity index (χ3v) is 5.26. The maximum Gasteiger partial charge on any atom is 0.234 e. The second-order valence-corrected chi connectivity index (χ2v) is 7.89. The lowest BCUT2D eigenvalue weighted by atomic mass is 10.2. The molecule has 0 unspecified atom stereocenters. The number of ether oxygens (including phenoxy) is 1. The summed E-state index contributed by atoms with van der Waals surface area (Å²) >= 11 is 0. The van der Waals surface area contributed by atoms with Crippen LogP contribution in [0, 0.1) is 12.7 Å². The van der Waals surface area contributed by atoms with Crippen LogP contribution < -0.4 is 20.1 Å². The van der Waals surface area contributed by atoms with Gasteiger partial charge in [-0.05, 0) is 30.7 Å². The molecule has 0 bridgehead atoms. The second-order valence-electron chi connectivity index (χ2n) is 6.05. The molecular weight excluding hydrogens is 510 g/mol. The van der Waals surface area contributed by atoms with Crippen molar-refractivity contribution < 1.29 is 17.5 Å². The summed E-state index contributed by atoms with van der Waals surface area (Å²) < 4.78 is 45.6. The van der Waals surface area contributed by atoms with Crippen molar-refractivity contribution in [1.82, 2.24) is 10.6 Å². The maximum atomic E-state index is 13.6. The summed E-state index contributed by atoms with van der Waals surface area (Å²) in [4.78, 5) is 4.07. The highest BCUT2D eigenvalue weighted by molar-refractivity contribution is 14.0. The Morgan fingerprint density at radius 3 is 2.55 bits per heavy atom. The SMILES string of the molecule is CN=C(NCCS(=O)(=O)Nc1ccc(C)c(F)c1)NCc1ccccc1OC.I. The van der Waals surface area contributed by atoms with Crippen LogP contribution in [0.25, 0.3) is 0 Å². The van der Waals surface area contributed by atoms with Gasteiger partial charge in [0.2, 0.25) is 10.0 Å². The predicted molar refractivity (Wildman–Crippen MR) is 125 cm³/mol. The van der Waals surface area contributed by atoms with E-state index in [-0.39, 0.29) is 42.0 Å². The minimum atomic E-state index is -3.63. The summed E-state index contributed by atoms with van der Waals surface area (Å²) in [5, 5.41) is 6.05. The Kier molecular flexibility index (Phi) is 10.2. The molecule has 0 heterocycles. The Balaban J connectivity index is 0.00000420. The van der Waals surface area contributed by atoms with E-state index >= 15 is 0 Å². The zero-order chi connectivity index (χ0) is 20.6. The average molecular weight is 536 g/mol. The number of hydrogen-bond donors (Lipinski definition) is 3. The van der Waals surface area contributed by atoms with Gasteiger partial charge in [0.05, 0.1) is 18.6 Å². The largest absolute Gasteiger partial charge is 0.496 e. The van der Waals surface area contributed by atoms with Crippen molar-refractivity contribution in [2.24, 2.45) is 4.99 Å². The van der Waals surface area contributed by atoms with E-state index in [9.17, 15) is 12.8 Å². The topological polar surface area (TPSA) is 91.8 Å². The Morgan fingerprint density at radius 1 is 1.17 bits per heavy atom. The first-order valence-corrected chi connectivity index (χ1v) is 10.3. The Labute approximate surface area is 188 Å². The number of methoxy groups -OCH3 is 1. The van der Waals surface area contributed by atoms with Gasteiger partial charge < -0.3 is 15.4 Å². The van der Waals surface area contributed by atoms with Crippen LogP contribution in [0.3, 0.4) is 0 Å². The molecule has 10 heteroatoms. The minimum absolute atomic E-state index is 0. The molecule has 2 rings (SSSR count). The fourth-order valence-electron chi connectivity index (χ4n) is 2.44. The molecule has 7 nitrogen and oxygen atoms in total. The number of rotatable bonds is 8. The van der Waals surface area contributed by atoms with Gasteiger partial charge in [-0.3, -0.25) is 9.71 Å². The lowest BCUT2D eigenvalue weighted by Crippen LogP contribution is -2.39. The standard InChI is InChI=1S/C19H25FN4O3S.HI/c1-14-8-9-16(12-17(14)20)24-28(25,26)11-10-22-19(21-2)23-13-15-6-4-5-7-18(15)27-3;/h4-9,12,24H,10-11,13H2,1-3H3,(H2,21,22,23);1H. The molecule has 0 saturated heterocycles. The summed E-state index contributed by atoms with van der Waals surface area (Å²) in [5.41, 5.74) is 1.60. The van der Waals surface area contributed by atoms with E-state index in [1.54, 1.807) is 21.1 Å². The number of sulfonamides is 1. The van der Waals surface area contributed by atoms with Crippen LogP contribution in [0.5, 0.6) is 5.75 Å². The van der Waals surface area contributed by atoms with E-state index < -0.39 is 15.8 Å². The molecule has 29 heavy (non-hydrogen) atoms. The van der Waals surface area contributed by atoms with Crippen LogP contribution in [0.1, 0.15) is 11.1 Å². The third-order valence-electron chi connectivity index (χ3n) is 3.97. The highest BCUT2D eigenvalue weighted by atomic mass is 127. The summed E-state index contributed by atoms with van der Waals surface area (Å²) in [6.45, 7) is 2.22. The molecule has 0 aliphatic rings. The van der Waals surface area contributed by atoms with E-state index in [1.807, 2.05) is 24.3 Å². The van der Waals surface area contributed by atoms with Crippen molar-refractivity contribution >= 4 is 45.6 Å². The number of para-hydroxylation sites is 1. The minimum Gasteiger partial charge on any atom is -0.496 e. The smallest absolute Gasteiger partial charge is 0.234 e.